The Labute approximate surface area is 238 Å². The molecule has 0 saturated carbocycles. The van der Waals surface area contributed by atoms with Crippen LogP contribution in [0.5, 0.6) is 0 Å². The molecule has 2 saturated heterocycles. The first-order chi connectivity index (χ1) is 19.6. The summed E-state index contributed by atoms with van der Waals surface area (Å²) in [6.45, 7) is 4.54. The van der Waals surface area contributed by atoms with Gasteiger partial charge in [-0.15, -0.1) is 0 Å². The van der Waals surface area contributed by atoms with Crippen molar-refractivity contribution in [1.82, 2.24) is 34.3 Å². The number of benzene rings is 1. The zero-order chi connectivity index (χ0) is 29.2. The number of aromatic nitrogens is 4. The molecule has 0 bridgehead atoms. The number of rotatable bonds is 9. The first kappa shape index (κ1) is 28.2. The molecule has 0 spiro atoms. The number of nitrogens with one attached hydrogen (secondary N) is 2. The van der Waals surface area contributed by atoms with Crippen molar-refractivity contribution in [2.45, 2.75) is 38.3 Å². The van der Waals surface area contributed by atoms with Gasteiger partial charge in [-0.2, -0.15) is 14.7 Å². The fourth-order valence-corrected chi connectivity index (χ4v) is 6.37. The van der Waals surface area contributed by atoms with Crippen LogP contribution in [0.15, 0.2) is 48.9 Å². The zero-order valence-electron chi connectivity index (χ0n) is 22.8. The van der Waals surface area contributed by atoms with Crippen molar-refractivity contribution in [2.24, 2.45) is 0 Å². The van der Waals surface area contributed by atoms with Gasteiger partial charge in [0, 0.05) is 68.4 Å². The molecule has 2 aliphatic rings. The second kappa shape index (κ2) is 11.3. The maximum absolute atomic E-state index is 12.9. The Balaban J connectivity index is 1.25. The standard InChI is InChI=1S/C27H31N9O4S/c1-3-41(39,40)35-17-27(18-35,10-11-28)36-15-21(14-30-36)24-8-12-29-26(33-24)32-22-6-4-20(5-7-22)25(38)34-13-9-23(16-34)31-19(2)37/h4-8,12,14-15,23H,3,9-10,13,16-18H2,1-2H3,(H,31,37)(H,29,32,33)/t23-/m1/s1. The van der Waals surface area contributed by atoms with E-state index in [1.807, 2.05) is 0 Å². The van der Waals surface area contributed by atoms with E-state index >= 15 is 0 Å². The molecular formula is C27H31N9O4S. The van der Waals surface area contributed by atoms with E-state index in [1.165, 1.54) is 11.2 Å². The Morgan fingerprint density at radius 1 is 1.20 bits per heavy atom. The van der Waals surface area contributed by atoms with Crippen LogP contribution in [-0.2, 0) is 20.4 Å². The van der Waals surface area contributed by atoms with Crippen molar-refractivity contribution < 1.29 is 18.0 Å². The molecule has 4 heterocycles. The van der Waals surface area contributed by atoms with Crippen molar-refractivity contribution in [3.05, 3.63) is 54.5 Å². The Morgan fingerprint density at radius 3 is 2.63 bits per heavy atom. The van der Waals surface area contributed by atoms with Gasteiger partial charge in [0.1, 0.15) is 5.54 Å². The smallest absolute Gasteiger partial charge is 0.253 e. The Kier molecular flexibility index (Phi) is 7.74. The second-order valence-electron chi connectivity index (χ2n) is 10.3. The molecule has 2 amide bonds. The average molecular weight is 578 g/mol. The second-order valence-corrected chi connectivity index (χ2v) is 12.6. The van der Waals surface area contributed by atoms with Gasteiger partial charge in [0.2, 0.25) is 21.9 Å². The third-order valence-corrected chi connectivity index (χ3v) is 9.17. The number of sulfonamides is 1. The minimum Gasteiger partial charge on any atom is -0.352 e. The number of nitriles is 1. The minimum absolute atomic E-state index is 0.00847. The summed E-state index contributed by atoms with van der Waals surface area (Å²) in [5.74, 6) is 0.171. The van der Waals surface area contributed by atoms with Crippen LogP contribution in [0.4, 0.5) is 11.6 Å². The first-order valence-corrected chi connectivity index (χ1v) is 14.9. The van der Waals surface area contributed by atoms with Gasteiger partial charge in [0.15, 0.2) is 0 Å². The largest absolute Gasteiger partial charge is 0.352 e. The van der Waals surface area contributed by atoms with E-state index in [-0.39, 0.29) is 43.1 Å². The van der Waals surface area contributed by atoms with Crippen molar-refractivity contribution in [2.75, 3.05) is 37.2 Å². The Hall–Kier alpha value is -4.35. The maximum Gasteiger partial charge on any atom is 0.253 e. The van der Waals surface area contributed by atoms with Gasteiger partial charge in [0.25, 0.3) is 5.91 Å². The van der Waals surface area contributed by atoms with E-state index in [2.05, 4.69) is 31.8 Å². The van der Waals surface area contributed by atoms with Gasteiger partial charge in [-0.25, -0.2) is 18.4 Å². The topological polar surface area (TPSA) is 166 Å². The summed E-state index contributed by atoms with van der Waals surface area (Å²) in [6, 6.07) is 10.9. The molecule has 2 aliphatic heterocycles. The van der Waals surface area contributed by atoms with Crippen molar-refractivity contribution in [1.29, 1.82) is 5.26 Å². The number of hydrogen-bond acceptors (Lipinski definition) is 9. The fraction of sp³-hybridized carbons (Fsp3) is 0.407. The van der Waals surface area contributed by atoms with Crippen LogP contribution in [0.3, 0.4) is 0 Å². The molecular weight excluding hydrogens is 546 g/mol. The predicted octanol–water partition coefficient (Wildman–Crippen LogP) is 1.71. The fourth-order valence-electron chi connectivity index (χ4n) is 5.13. The first-order valence-electron chi connectivity index (χ1n) is 13.3. The highest BCUT2D eigenvalue weighted by molar-refractivity contribution is 7.89. The summed E-state index contributed by atoms with van der Waals surface area (Å²) in [4.78, 5) is 34.8. The molecule has 0 radical (unpaired) electrons. The number of amides is 2. The molecule has 0 unspecified atom stereocenters. The van der Waals surface area contributed by atoms with Crippen LogP contribution in [0, 0.1) is 11.3 Å². The molecule has 14 heteroatoms. The third kappa shape index (κ3) is 5.91. The average Bonchev–Trinajstić information content (AvgIpc) is 3.61. The van der Waals surface area contributed by atoms with E-state index in [1.54, 1.807) is 65.4 Å². The van der Waals surface area contributed by atoms with Gasteiger partial charge >= 0.3 is 0 Å². The summed E-state index contributed by atoms with van der Waals surface area (Å²) in [6.07, 6.45) is 5.89. The monoisotopic (exact) mass is 577 g/mol. The maximum atomic E-state index is 12.9. The Bertz CT molecular complexity index is 1590. The summed E-state index contributed by atoms with van der Waals surface area (Å²) in [7, 11) is -3.34. The van der Waals surface area contributed by atoms with Crippen molar-refractivity contribution >= 4 is 33.5 Å². The van der Waals surface area contributed by atoms with Gasteiger partial charge < -0.3 is 15.5 Å². The van der Waals surface area contributed by atoms with E-state index in [9.17, 15) is 23.3 Å². The third-order valence-electron chi connectivity index (χ3n) is 7.40. The van der Waals surface area contributed by atoms with E-state index < -0.39 is 15.6 Å². The summed E-state index contributed by atoms with van der Waals surface area (Å²) >= 11 is 0. The lowest BCUT2D eigenvalue weighted by atomic mass is 9.89. The molecule has 214 valence electrons. The lowest BCUT2D eigenvalue weighted by Crippen LogP contribution is -2.64. The molecule has 3 aromatic rings. The highest BCUT2D eigenvalue weighted by Crippen LogP contribution is 2.35. The van der Waals surface area contributed by atoms with Crippen LogP contribution >= 0.6 is 0 Å². The lowest BCUT2D eigenvalue weighted by molar-refractivity contribution is -0.119. The highest BCUT2D eigenvalue weighted by atomic mass is 32.2. The van der Waals surface area contributed by atoms with E-state index in [0.29, 0.717) is 41.5 Å². The van der Waals surface area contributed by atoms with E-state index in [0.717, 1.165) is 6.42 Å². The molecule has 2 N–H and O–H groups in total. The molecule has 5 rings (SSSR count). The number of anilines is 2. The van der Waals surface area contributed by atoms with Gasteiger partial charge in [-0.05, 0) is 43.7 Å². The molecule has 13 nitrogen and oxygen atoms in total. The number of hydrogen-bond donors (Lipinski definition) is 2. The van der Waals surface area contributed by atoms with Crippen molar-refractivity contribution in [3.8, 4) is 17.3 Å². The molecule has 1 atom stereocenters. The zero-order valence-corrected chi connectivity index (χ0v) is 23.6. The lowest BCUT2D eigenvalue weighted by Gasteiger charge is -2.47. The normalized spacial score (nSPS) is 18.4. The van der Waals surface area contributed by atoms with Gasteiger partial charge in [-0.1, -0.05) is 0 Å². The number of carbonyl (C=O) groups is 2. The SMILES string of the molecule is CCS(=O)(=O)N1CC(CC#N)(n2cc(-c3ccnc(Nc4ccc(C(=O)N5CC[C@@H](NC(C)=O)C5)cc4)n3)cn2)C1. The molecule has 0 aliphatic carbocycles. The summed E-state index contributed by atoms with van der Waals surface area (Å²) in [5.41, 5.74) is 1.84. The molecule has 1 aromatic carbocycles. The Morgan fingerprint density at radius 2 is 1.95 bits per heavy atom. The number of likely N-dealkylation sites (tertiary alicyclic amines) is 1. The summed E-state index contributed by atoms with van der Waals surface area (Å²) < 4.78 is 27.5. The number of carbonyl (C=O) groups excluding carboxylic acids is 2. The molecule has 41 heavy (non-hydrogen) atoms. The summed E-state index contributed by atoms with van der Waals surface area (Å²) in [5, 5.41) is 19.8. The van der Waals surface area contributed by atoms with Crippen LogP contribution in [0.2, 0.25) is 0 Å². The van der Waals surface area contributed by atoms with Crippen LogP contribution in [0.1, 0.15) is 37.0 Å². The minimum atomic E-state index is -3.34. The molecule has 2 fully saturated rings. The van der Waals surface area contributed by atoms with Crippen LogP contribution in [0.25, 0.3) is 11.3 Å². The van der Waals surface area contributed by atoms with E-state index in [4.69, 9.17) is 0 Å². The van der Waals surface area contributed by atoms with Crippen LogP contribution < -0.4 is 10.6 Å². The quantitative estimate of drug-likeness (QED) is 0.385. The predicted molar refractivity (Wildman–Crippen MR) is 150 cm³/mol. The highest BCUT2D eigenvalue weighted by Gasteiger charge is 2.49. The number of nitrogens with zero attached hydrogens (tertiary/aromatic N) is 7. The molecule has 2 aromatic heterocycles. The van der Waals surface area contributed by atoms with Gasteiger partial charge in [0.05, 0.1) is 30.1 Å². The van der Waals surface area contributed by atoms with Crippen molar-refractivity contribution in [3.63, 3.8) is 0 Å². The van der Waals surface area contributed by atoms with Gasteiger partial charge in [-0.3, -0.25) is 14.3 Å². The van der Waals surface area contributed by atoms with Crippen LogP contribution in [-0.4, -0.2) is 87.2 Å².